The van der Waals surface area contributed by atoms with Gasteiger partial charge >= 0.3 is 0 Å². The van der Waals surface area contributed by atoms with E-state index in [2.05, 4.69) is 38.4 Å². The van der Waals surface area contributed by atoms with Crippen molar-refractivity contribution in [1.29, 1.82) is 0 Å². The summed E-state index contributed by atoms with van der Waals surface area (Å²) < 4.78 is 2.91. The molecule has 1 atom stereocenters. The topological polar surface area (TPSA) is 67.2 Å². The molecule has 0 bridgehead atoms. The molecule has 0 aliphatic carbocycles. The molecule has 1 fully saturated rings. The van der Waals surface area contributed by atoms with Gasteiger partial charge in [0.2, 0.25) is 11.8 Å². The molecule has 29 heavy (non-hydrogen) atoms. The highest BCUT2D eigenvalue weighted by atomic mass is 79.9. The Morgan fingerprint density at radius 3 is 2.79 bits per heavy atom. The molecule has 148 valence electrons. The number of carbonyl (C=O) groups excluding carboxylic acids is 2. The van der Waals surface area contributed by atoms with Gasteiger partial charge in [0.25, 0.3) is 0 Å². The first kappa shape index (κ1) is 19.4. The van der Waals surface area contributed by atoms with Gasteiger partial charge < -0.3 is 14.8 Å². The van der Waals surface area contributed by atoms with Crippen molar-refractivity contribution in [3.8, 4) is 0 Å². The molecule has 1 aliphatic heterocycles. The molecule has 2 amide bonds. The monoisotopic (exact) mass is 452 g/mol. The van der Waals surface area contributed by atoms with Gasteiger partial charge in [-0.25, -0.2) is 4.98 Å². The van der Waals surface area contributed by atoms with Crippen LogP contribution in [0.5, 0.6) is 0 Å². The molecule has 6 nitrogen and oxygen atoms in total. The number of carbonyl (C=O) groups is 2. The maximum absolute atomic E-state index is 12.6. The summed E-state index contributed by atoms with van der Waals surface area (Å²) in [7, 11) is 0. The highest BCUT2D eigenvalue weighted by Gasteiger charge is 2.35. The number of amides is 2. The normalized spacial score (nSPS) is 16.2. The summed E-state index contributed by atoms with van der Waals surface area (Å²) in [6.45, 7) is 1.58. The lowest BCUT2D eigenvalue weighted by molar-refractivity contribution is -0.126. The zero-order chi connectivity index (χ0) is 20.2. The Kier molecular flexibility index (Phi) is 5.76. The van der Waals surface area contributed by atoms with Crippen molar-refractivity contribution >= 4 is 33.4 Å². The van der Waals surface area contributed by atoms with Crippen molar-refractivity contribution in [2.45, 2.75) is 19.5 Å². The first-order valence-corrected chi connectivity index (χ1v) is 10.2. The third-order valence-electron chi connectivity index (χ3n) is 5.00. The molecule has 1 saturated heterocycles. The number of halogens is 1. The van der Waals surface area contributed by atoms with Crippen LogP contribution in [0, 0.1) is 5.92 Å². The number of hydrogen-bond acceptors (Lipinski definition) is 3. The van der Waals surface area contributed by atoms with E-state index in [1.807, 2.05) is 47.2 Å². The van der Waals surface area contributed by atoms with Gasteiger partial charge in [-0.05, 0) is 29.3 Å². The van der Waals surface area contributed by atoms with Crippen LogP contribution < -0.4 is 10.2 Å². The van der Waals surface area contributed by atoms with Crippen LogP contribution >= 0.6 is 15.9 Å². The molecule has 0 spiro atoms. The van der Waals surface area contributed by atoms with E-state index in [1.165, 1.54) is 0 Å². The number of nitrogens with one attached hydrogen (secondary N) is 1. The summed E-state index contributed by atoms with van der Waals surface area (Å²) >= 11 is 3.43. The van der Waals surface area contributed by atoms with E-state index in [1.54, 1.807) is 17.4 Å². The van der Waals surface area contributed by atoms with Gasteiger partial charge in [-0.15, -0.1) is 0 Å². The van der Waals surface area contributed by atoms with Crippen molar-refractivity contribution in [3.05, 3.63) is 82.9 Å². The molecule has 7 heteroatoms. The molecule has 2 aromatic carbocycles. The van der Waals surface area contributed by atoms with Gasteiger partial charge in [-0.1, -0.05) is 46.3 Å². The molecule has 0 radical (unpaired) electrons. The highest BCUT2D eigenvalue weighted by molar-refractivity contribution is 9.10. The minimum Gasteiger partial charge on any atom is -0.352 e. The Morgan fingerprint density at radius 2 is 2.00 bits per heavy atom. The second-order valence-corrected chi connectivity index (χ2v) is 8.07. The van der Waals surface area contributed by atoms with Crippen LogP contribution in [0.25, 0.3) is 0 Å². The summed E-state index contributed by atoms with van der Waals surface area (Å²) in [6, 6.07) is 15.7. The van der Waals surface area contributed by atoms with E-state index >= 15 is 0 Å². The van der Waals surface area contributed by atoms with Gasteiger partial charge in [0.15, 0.2) is 0 Å². The van der Waals surface area contributed by atoms with E-state index in [4.69, 9.17) is 0 Å². The van der Waals surface area contributed by atoms with Gasteiger partial charge in [-0.2, -0.15) is 0 Å². The van der Waals surface area contributed by atoms with Gasteiger partial charge in [0, 0.05) is 48.6 Å². The summed E-state index contributed by atoms with van der Waals surface area (Å²) in [5.74, 6) is -0.447. The van der Waals surface area contributed by atoms with E-state index in [-0.39, 0.29) is 24.2 Å². The maximum atomic E-state index is 12.6. The quantitative estimate of drug-likeness (QED) is 0.623. The molecular weight excluding hydrogens is 432 g/mol. The molecule has 1 aliphatic rings. The Balaban J connectivity index is 1.35. The summed E-state index contributed by atoms with van der Waals surface area (Å²) in [5, 5.41) is 2.98. The number of nitrogens with zero attached hydrogens (tertiary/aromatic N) is 3. The standard InChI is InChI=1S/C22H21BrN4O2/c23-19-5-2-6-20(11-19)27-14-18(10-21(27)28)22(29)25-12-16-3-1-4-17(9-16)13-26-8-7-24-15-26/h1-9,11,15,18H,10,12-14H2,(H,25,29). The molecule has 1 N–H and O–H groups in total. The smallest absolute Gasteiger partial charge is 0.227 e. The summed E-state index contributed by atoms with van der Waals surface area (Å²) in [4.78, 5) is 30.8. The lowest BCUT2D eigenvalue weighted by Crippen LogP contribution is -2.32. The van der Waals surface area contributed by atoms with Crippen LogP contribution in [-0.2, 0) is 22.7 Å². The van der Waals surface area contributed by atoms with Crippen LogP contribution in [0.1, 0.15) is 17.5 Å². The Bertz CT molecular complexity index is 1020. The largest absolute Gasteiger partial charge is 0.352 e. The first-order valence-electron chi connectivity index (χ1n) is 9.46. The lowest BCUT2D eigenvalue weighted by atomic mass is 10.1. The average molecular weight is 453 g/mol. The molecule has 0 saturated carbocycles. The third kappa shape index (κ3) is 4.74. The number of hydrogen-bond donors (Lipinski definition) is 1. The predicted octanol–water partition coefficient (Wildman–Crippen LogP) is 3.36. The number of anilines is 1. The molecular formula is C22H21BrN4O2. The SMILES string of the molecule is O=C(NCc1cccc(Cn2ccnc2)c1)C1CC(=O)N(c2cccc(Br)c2)C1. The Hall–Kier alpha value is -2.93. The number of aromatic nitrogens is 2. The van der Waals surface area contributed by atoms with Crippen molar-refractivity contribution in [3.63, 3.8) is 0 Å². The minimum atomic E-state index is -0.337. The molecule has 1 unspecified atom stereocenters. The van der Waals surface area contributed by atoms with Gasteiger partial charge in [0.05, 0.1) is 12.2 Å². The highest BCUT2D eigenvalue weighted by Crippen LogP contribution is 2.27. The lowest BCUT2D eigenvalue weighted by Gasteiger charge is -2.17. The second kappa shape index (κ2) is 8.61. The van der Waals surface area contributed by atoms with E-state index in [0.717, 1.165) is 27.8 Å². The van der Waals surface area contributed by atoms with Crippen molar-refractivity contribution in [1.82, 2.24) is 14.9 Å². The zero-order valence-corrected chi connectivity index (χ0v) is 17.4. The van der Waals surface area contributed by atoms with Crippen molar-refractivity contribution in [2.24, 2.45) is 5.92 Å². The van der Waals surface area contributed by atoms with E-state index in [9.17, 15) is 9.59 Å². The van der Waals surface area contributed by atoms with Crippen LogP contribution in [0.15, 0.2) is 71.7 Å². The predicted molar refractivity (Wildman–Crippen MR) is 114 cm³/mol. The Morgan fingerprint density at radius 1 is 1.17 bits per heavy atom. The molecule has 3 aromatic rings. The van der Waals surface area contributed by atoms with Crippen LogP contribution in [-0.4, -0.2) is 27.9 Å². The zero-order valence-electron chi connectivity index (χ0n) is 15.8. The van der Waals surface area contributed by atoms with Crippen LogP contribution in [0.4, 0.5) is 5.69 Å². The van der Waals surface area contributed by atoms with Gasteiger partial charge in [-0.3, -0.25) is 9.59 Å². The van der Waals surface area contributed by atoms with Crippen molar-refractivity contribution < 1.29 is 9.59 Å². The van der Waals surface area contributed by atoms with Crippen LogP contribution in [0.2, 0.25) is 0 Å². The fourth-order valence-corrected chi connectivity index (χ4v) is 3.93. The third-order valence-corrected chi connectivity index (χ3v) is 5.49. The fraction of sp³-hybridized carbons (Fsp3) is 0.227. The van der Waals surface area contributed by atoms with Crippen LogP contribution in [0.3, 0.4) is 0 Å². The van der Waals surface area contributed by atoms with Gasteiger partial charge in [0.1, 0.15) is 0 Å². The second-order valence-electron chi connectivity index (χ2n) is 7.16. The molecule has 1 aromatic heterocycles. The fourth-order valence-electron chi connectivity index (χ4n) is 3.54. The molecule has 4 rings (SSSR count). The van der Waals surface area contributed by atoms with Crippen molar-refractivity contribution in [2.75, 3.05) is 11.4 Å². The number of benzene rings is 2. The summed E-state index contributed by atoms with van der Waals surface area (Å²) in [5.41, 5.74) is 2.99. The Labute approximate surface area is 177 Å². The number of imidazole rings is 1. The van der Waals surface area contributed by atoms with E-state index < -0.39 is 0 Å². The number of rotatable bonds is 6. The minimum absolute atomic E-state index is 0.0226. The maximum Gasteiger partial charge on any atom is 0.227 e. The summed E-state index contributed by atoms with van der Waals surface area (Å²) in [6.07, 6.45) is 5.69. The van der Waals surface area contributed by atoms with E-state index in [0.29, 0.717) is 13.1 Å². The molecule has 2 heterocycles. The average Bonchev–Trinajstić information content (AvgIpc) is 3.36. The first-order chi connectivity index (χ1) is 14.1.